The van der Waals surface area contributed by atoms with Gasteiger partial charge >= 0.3 is 0 Å². The predicted octanol–water partition coefficient (Wildman–Crippen LogP) is 1.65. The molecule has 2 aliphatic rings. The van der Waals surface area contributed by atoms with E-state index in [0.29, 0.717) is 24.3 Å². The first-order valence-electron chi connectivity index (χ1n) is 8.88. The summed E-state index contributed by atoms with van der Waals surface area (Å²) in [5, 5.41) is 4.16. The molecule has 0 radical (unpaired) electrons. The first-order chi connectivity index (χ1) is 12.4. The lowest BCUT2D eigenvalue weighted by Gasteiger charge is -2.18. The van der Waals surface area contributed by atoms with Gasteiger partial charge in [-0.2, -0.15) is 4.98 Å². The van der Waals surface area contributed by atoms with Crippen LogP contribution >= 0.6 is 0 Å². The van der Waals surface area contributed by atoms with E-state index in [2.05, 4.69) is 25.0 Å². The zero-order chi connectivity index (χ0) is 16.9. The third kappa shape index (κ3) is 4.32. The van der Waals surface area contributed by atoms with Crippen molar-refractivity contribution in [3.63, 3.8) is 0 Å². The fraction of sp³-hybridized carbons (Fsp3) is 0.647. The number of ether oxygens (including phenoxy) is 2. The Morgan fingerprint density at radius 1 is 1.20 bits per heavy atom. The van der Waals surface area contributed by atoms with Crippen LogP contribution in [0.4, 0.5) is 0 Å². The fourth-order valence-electron chi connectivity index (χ4n) is 3.40. The Morgan fingerprint density at radius 3 is 2.96 bits per heavy atom. The van der Waals surface area contributed by atoms with Gasteiger partial charge in [0.1, 0.15) is 0 Å². The Kier molecular flexibility index (Phi) is 5.17. The molecule has 0 saturated carbocycles. The minimum absolute atomic E-state index is 0.349. The van der Waals surface area contributed by atoms with Gasteiger partial charge in [-0.25, -0.2) is 4.98 Å². The van der Waals surface area contributed by atoms with Gasteiger partial charge < -0.3 is 14.0 Å². The van der Waals surface area contributed by atoms with Crippen LogP contribution in [0.1, 0.15) is 36.9 Å². The molecule has 0 aromatic carbocycles. The maximum absolute atomic E-state index is 5.71. The van der Waals surface area contributed by atoms with Crippen LogP contribution in [-0.2, 0) is 11.3 Å². The predicted molar refractivity (Wildman–Crippen MR) is 88.0 cm³/mol. The Balaban J connectivity index is 1.24. The summed E-state index contributed by atoms with van der Waals surface area (Å²) in [6.07, 6.45) is 7.96. The number of hydrogen-bond donors (Lipinski definition) is 0. The van der Waals surface area contributed by atoms with Crippen LogP contribution in [0.2, 0.25) is 0 Å². The van der Waals surface area contributed by atoms with Gasteiger partial charge in [-0.15, -0.1) is 0 Å². The Hall–Kier alpha value is -2.06. The summed E-state index contributed by atoms with van der Waals surface area (Å²) in [5.41, 5.74) is 0. The average molecular weight is 345 g/mol. The van der Waals surface area contributed by atoms with E-state index in [0.717, 1.165) is 63.8 Å². The maximum Gasteiger partial charge on any atom is 0.232 e. The summed E-state index contributed by atoms with van der Waals surface area (Å²) in [7, 11) is 0. The largest absolute Gasteiger partial charge is 0.476 e. The van der Waals surface area contributed by atoms with Gasteiger partial charge in [-0.1, -0.05) is 5.16 Å². The Morgan fingerprint density at radius 2 is 2.12 bits per heavy atom. The summed E-state index contributed by atoms with van der Waals surface area (Å²) >= 11 is 0. The normalized spacial score (nSPS) is 22.3. The van der Waals surface area contributed by atoms with Crippen LogP contribution in [0.3, 0.4) is 0 Å². The third-order valence-electron chi connectivity index (χ3n) is 4.80. The lowest BCUT2D eigenvalue weighted by atomic mass is 10.0. The summed E-state index contributed by atoms with van der Waals surface area (Å²) in [5.74, 6) is 2.96. The second-order valence-corrected chi connectivity index (χ2v) is 6.68. The molecule has 8 nitrogen and oxygen atoms in total. The highest BCUT2D eigenvalue weighted by atomic mass is 16.5. The second-order valence-electron chi connectivity index (χ2n) is 6.68. The Labute approximate surface area is 146 Å². The molecule has 4 heterocycles. The zero-order valence-electron chi connectivity index (χ0n) is 14.2. The molecule has 4 rings (SSSR count). The van der Waals surface area contributed by atoms with Crippen molar-refractivity contribution in [2.75, 3.05) is 32.9 Å². The zero-order valence-corrected chi connectivity index (χ0v) is 14.2. The molecule has 2 aromatic rings. The van der Waals surface area contributed by atoms with E-state index in [4.69, 9.17) is 14.0 Å². The topological polar surface area (TPSA) is 86.4 Å². The molecule has 2 aliphatic heterocycles. The maximum atomic E-state index is 5.71. The molecule has 0 aliphatic carbocycles. The Bertz CT molecular complexity index is 659. The molecule has 25 heavy (non-hydrogen) atoms. The molecule has 0 N–H and O–H groups in total. The number of hydrogen-bond acceptors (Lipinski definition) is 8. The molecule has 134 valence electrons. The van der Waals surface area contributed by atoms with Gasteiger partial charge in [0.2, 0.25) is 11.8 Å². The number of likely N-dealkylation sites (tertiary alicyclic amines) is 1. The van der Waals surface area contributed by atoms with Crippen molar-refractivity contribution in [3.05, 3.63) is 30.3 Å². The summed E-state index contributed by atoms with van der Waals surface area (Å²) in [6, 6.07) is 0. The van der Waals surface area contributed by atoms with Crippen molar-refractivity contribution in [1.29, 1.82) is 0 Å². The van der Waals surface area contributed by atoms with Crippen molar-refractivity contribution in [2.24, 2.45) is 5.92 Å². The number of aromatic nitrogens is 4. The van der Waals surface area contributed by atoms with Crippen LogP contribution in [0.25, 0.3) is 0 Å². The highest BCUT2D eigenvalue weighted by molar-refractivity contribution is 5.01. The van der Waals surface area contributed by atoms with Crippen LogP contribution < -0.4 is 4.74 Å². The van der Waals surface area contributed by atoms with Gasteiger partial charge in [0.05, 0.1) is 19.3 Å². The van der Waals surface area contributed by atoms with Crippen LogP contribution in [0.15, 0.2) is 23.1 Å². The molecule has 0 spiro atoms. The summed E-state index contributed by atoms with van der Waals surface area (Å²) < 4.78 is 16.6. The van der Waals surface area contributed by atoms with Crippen molar-refractivity contribution >= 4 is 0 Å². The fourth-order valence-corrected chi connectivity index (χ4v) is 3.40. The molecule has 2 saturated heterocycles. The van der Waals surface area contributed by atoms with Crippen LogP contribution in [0, 0.1) is 5.92 Å². The van der Waals surface area contributed by atoms with E-state index >= 15 is 0 Å². The molecule has 0 bridgehead atoms. The molecule has 1 unspecified atom stereocenters. The minimum Gasteiger partial charge on any atom is -0.476 e. The highest BCUT2D eigenvalue weighted by Gasteiger charge is 2.26. The first-order valence-corrected chi connectivity index (χ1v) is 8.88. The van der Waals surface area contributed by atoms with Gasteiger partial charge in [0.25, 0.3) is 0 Å². The van der Waals surface area contributed by atoms with Gasteiger partial charge in [-0.05, 0) is 25.8 Å². The lowest BCUT2D eigenvalue weighted by Crippen LogP contribution is -2.23. The van der Waals surface area contributed by atoms with E-state index in [1.54, 1.807) is 18.6 Å². The van der Waals surface area contributed by atoms with E-state index in [-0.39, 0.29) is 0 Å². The van der Waals surface area contributed by atoms with Crippen LogP contribution in [-0.4, -0.2) is 57.9 Å². The average Bonchev–Trinajstić information content (AvgIpc) is 3.32. The van der Waals surface area contributed by atoms with E-state index < -0.39 is 0 Å². The standard InChI is InChI=1S/C17H23N5O3/c1-6-22(10-13(1)12-24-16-9-18-4-5-19-16)11-15-20-17(25-21-15)14-2-7-23-8-3-14/h4-5,9,13-14H,1-3,6-8,10-12H2. The van der Waals surface area contributed by atoms with Crippen molar-refractivity contribution in [3.8, 4) is 5.88 Å². The quantitative estimate of drug-likeness (QED) is 0.781. The van der Waals surface area contributed by atoms with E-state index in [1.165, 1.54) is 0 Å². The van der Waals surface area contributed by atoms with Gasteiger partial charge in [0, 0.05) is 44.0 Å². The van der Waals surface area contributed by atoms with Crippen molar-refractivity contribution in [1.82, 2.24) is 25.0 Å². The van der Waals surface area contributed by atoms with Crippen molar-refractivity contribution < 1.29 is 14.0 Å². The van der Waals surface area contributed by atoms with E-state index in [9.17, 15) is 0 Å². The van der Waals surface area contributed by atoms with Gasteiger partial charge in [0.15, 0.2) is 5.82 Å². The third-order valence-corrected chi connectivity index (χ3v) is 4.80. The number of nitrogens with zero attached hydrogens (tertiary/aromatic N) is 5. The van der Waals surface area contributed by atoms with E-state index in [1.807, 2.05) is 0 Å². The number of rotatable bonds is 6. The minimum atomic E-state index is 0.349. The summed E-state index contributed by atoms with van der Waals surface area (Å²) in [6.45, 7) is 4.95. The monoisotopic (exact) mass is 345 g/mol. The second kappa shape index (κ2) is 7.88. The lowest BCUT2D eigenvalue weighted by molar-refractivity contribution is 0.0778. The molecule has 8 heteroatoms. The molecule has 2 fully saturated rings. The summed E-state index contributed by atoms with van der Waals surface area (Å²) in [4.78, 5) is 15.1. The molecule has 1 atom stereocenters. The van der Waals surface area contributed by atoms with Crippen molar-refractivity contribution in [2.45, 2.75) is 31.7 Å². The first kappa shape index (κ1) is 16.4. The van der Waals surface area contributed by atoms with Crippen LogP contribution in [0.5, 0.6) is 5.88 Å². The SMILES string of the molecule is c1cnc(OCC2CCN(Cc3noc(C4CCOCC4)n3)C2)cn1. The molecular weight excluding hydrogens is 322 g/mol. The van der Waals surface area contributed by atoms with Gasteiger partial charge in [-0.3, -0.25) is 9.88 Å². The molecule has 2 aromatic heterocycles. The molecular formula is C17H23N5O3. The smallest absolute Gasteiger partial charge is 0.232 e. The highest BCUT2D eigenvalue weighted by Crippen LogP contribution is 2.26. The molecule has 0 amide bonds.